The van der Waals surface area contributed by atoms with E-state index in [1.807, 2.05) is 19.9 Å². The van der Waals surface area contributed by atoms with Crippen LogP contribution in [0.5, 0.6) is 0 Å². The van der Waals surface area contributed by atoms with E-state index in [2.05, 4.69) is 25.6 Å². The molecule has 27 heavy (non-hydrogen) atoms. The lowest BCUT2D eigenvalue weighted by Gasteiger charge is -2.05. The predicted octanol–water partition coefficient (Wildman–Crippen LogP) is 3.78. The van der Waals surface area contributed by atoms with Gasteiger partial charge in [0.25, 0.3) is 5.91 Å². The van der Waals surface area contributed by atoms with Crippen LogP contribution in [0.3, 0.4) is 0 Å². The van der Waals surface area contributed by atoms with Gasteiger partial charge in [-0.25, -0.2) is 19.7 Å². The first-order valence-corrected chi connectivity index (χ1v) is 9.83. The van der Waals surface area contributed by atoms with Gasteiger partial charge < -0.3 is 15.4 Å². The molecule has 1 amide bonds. The van der Waals surface area contributed by atoms with Gasteiger partial charge in [-0.05, 0) is 38.3 Å². The van der Waals surface area contributed by atoms with E-state index in [1.54, 1.807) is 23.8 Å². The molecule has 0 spiro atoms. The van der Waals surface area contributed by atoms with E-state index >= 15 is 0 Å². The Morgan fingerprint density at radius 1 is 1.15 bits per heavy atom. The average Bonchev–Trinajstić information content (AvgIpc) is 3.23. The number of hydrogen-bond acceptors (Lipinski definition) is 9. The van der Waals surface area contributed by atoms with Crippen LogP contribution in [0, 0.1) is 13.8 Å². The van der Waals surface area contributed by atoms with Gasteiger partial charge in [0.2, 0.25) is 5.95 Å². The lowest BCUT2D eigenvalue weighted by molar-refractivity contribution is 0.0528. The number of esters is 1. The Hall–Kier alpha value is -2.85. The zero-order valence-electron chi connectivity index (χ0n) is 14.9. The molecule has 0 aliphatic rings. The molecule has 0 aliphatic carbocycles. The van der Waals surface area contributed by atoms with E-state index in [0.717, 1.165) is 11.4 Å². The summed E-state index contributed by atoms with van der Waals surface area (Å²) >= 11 is 2.51. The standard InChI is InChI=1S/C17H17N5O3S2/c1-4-25-15(24)11-5-6-26-14(11)21-13(23)12-8-27-17(20-12)22-16-18-9(2)7-10(3)19-16/h5-8H,4H2,1-3H3,(H,21,23)(H,18,19,20,22). The number of amides is 1. The number of anilines is 3. The highest BCUT2D eigenvalue weighted by atomic mass is 32.1. The van der Waals surface area contributed by atoms with Crippen molar-refractivity contribution in [3.63, 3.8) is 0 Å². The minimum absolute atomic E-state index is 0.232. The second-order valence-corrected chi connectivity index (χ2v) is 7.25. The smallest absolute Gasteiger partial charge is 0.341 e. The van der Waals surface area contributed by atoms with Crippen LogP contribution in [0.4, 0.5) is 16.1 Å². The first-order valence-electron chi connectivity index (χ1n) is 8.07. The zero-order chi connectivity index (χ0) is 19.4. The van der Waals surface area contributed by atoms with Gasteiger partial charge in [0.15, 0.2) is 5.13 Å². The van der Waals surface area contributed by atoms with Crippen LogP contribution in [0.15, 0.2) is 22.9 Å². The molecule has 3 rings (SSSR count). The predicted molar refractivity (Wildman–Crippen MR) is 105 cm³/mol. The van der Waals surface area contributed by atoms with Crippen molar-refractivity contribution in [3.05, 3.63) is 45.5 Å². The Morgan fingerprint density at radius 3 is 2.59 bits per heavy atom. The van der Waals surface area contributed by atoms with Crippen molar-refractivity contribution in [2.45, 2.75) is 20.8 Å². The summed E-state index contributed by atoms with van der Waals surface area (Å²) in [6.45, 7) is 5.75. The second kappa shape index (κ2) is 8.23. The van der Waals surface area contributed by atoms with E-state index in [9.17, 15) is 9.59 Å². The lowest BCUT2D eigenvalue weighted by atomic mass is 10.3. The molecule has 0 aromatic carbocycles. The van der Waals surface area contributed by atoms with Gasteiger partial charge in [0.05, 0.1) is 12.2 Å². The molecule has 3 aromatic heterocycles. The Balaban J connectivity index is 1.70. The van der Waals surface area contributed by atoms with Crippen LogP contribution >= 0.6 is 22.7 Å². The molecule has 0 saturated carbocycles. The Bertz CT molecular complexity index is 962. The van der Waals surface area contributed by atoms with Crippen molar-refractivity contribution in [2.75, 3.05) is 17.2 Å². The number of aryl methyl sites for hydroxylation is 2. The maximum Gasteiger partial charge on any atom is 0.341 e. The summed E-state index contributed by atoms with van der Waals surface area (Å²) in [6, 6.07) is 3.48. The molecule has 0 atom stereocenters. The Labute approximate surface area is 163 Å². The molecule has 3 aromatic rings. The fraction of sp³-hybridized carbons (Fsp3) is 0.235. The molecule has 0 saturated heterocycles. The molecule has 10 heteroatoms. The molecule has 3 heterocycles. The van der Waals surface area contributed by atoms with Crippen molar-refractivity contribution in [1.82, 2.24) is 15.0 Å². The van der Waals surface area contributed by atoms with Crippen molar-refractivity contribution in [3.8, 4) is 0 Å². The summed E-state index contributed by atoms with van der Waals surface area (Å²) < 4.78 is 4.98. The molecule has 0 aliphatic heterocycles. The minimum Gasteiger partial charge on any atom is -0.462 e. The van der Waals surface area contributed by atoms with Gasteiger partial charge in [-0.3, -0.25) is 4.79 Å². The fourth-order valence-electron chi connectivity index (χ4n) is 2.26. The van der Waals surface area contributed by atoms with Gasteiger partial charge >= 0.3 is 5.97 Å². The average molecular weight is 403 g/mol. The Morgan fingerprint density at radius 2 is 1.89 bits per heavy atom. The molecule has 0 bridgehead atoms. The maximum atomic E-state index is 12.4. The highest BCUT2D eigenvalue weighted by Crippen LogP contribution is 2.26. The molecular formula is C17H17N5O3S2. The van der Waals surface area contributed by atoms with Crippen LogP contribution < -0.4 is 10.6 Å². The van der Waals surface area contributed by atoms with E-state index in [4.69, 9.17) is 4.74 Å². The lowest BCUT2D eigenvalue weighted by Crippen LogP contribution is -2.14. The second-order valence-electron chi connectivity index (χ2n) is 5.48. The summed E-state index contributed by atoms with van der Waals surface area (Å²) in [7, 11) is 0. The molecule has 0 unspecified atom stereocenters. The van der Waals surface area contributed by atoms with Gasteiger partial charge in [0, 0.05) is 16.8 Å². The summed E-state index contributed by atoms with van der Waals surface area (Å²) in [5, 5.41) is 9.97. The number of nitrogens with one attached hydrogen (secondary N) is 2. The third kappa shape index (κ3) is 4.66. The zero-order valence-corrected chi connectivity index (χ0v) is 16.5. The molecule has 0 radical (unpaired) electrons. The van der Waals surface area contributed by atoms with E-state index in [0.29, 0.717) is 21.6 Å². The molecule has 0 fully saturated rings. The highest BCUT2D eigenvalue weighted by Gasteiger charge is 2.18. The van der Waals surface area contributed by atoms with Crippen molar-refractivity contribution in [2.24, 2.45) is 0 Å². The van der Waals surface area contributed by atoms with Gasteiger partial charge in [-0.15, -0.1) is 22.7 Å². The largest absolute Gasteiger partial charge is 0.462 e. The summed E-state index contributed by atoms with van der Waals surface area (Å²) in [4.78, 5) is 37.2. The molecule has 140 valence electrons. The van der Waals surface area contributed by atoms with E-state index < -0.39 is 11.9 Å². The number of hydrogen-bond donors (Lipinski definition) is 2. The molecule has 2 N–H and O–H groups in total. The quantitative estimate of drug-likeness (QED) is 0.603. The van der Waals surface area contributed by atoms with Crippen molar-refractivity contribution in [1.29, 1.82) is 0 Å². The normalized spacial score (nSPS) is 10.5. The van der Waals surface area contributed by atoms with E-state index in [1.165, 1.54) is 22.7 Å². The van der Waals surface area contributed by atoms with Gasteiger partial charge in [-0.2, -0.15) is 0 Å². The number of thiophene rings is 1. The van der Waals surface area contributed by atoms with E-state index in [-0.39, 0.29) is 12.3 Å². The fourth-order valence-corrected chi connectivity index (χ4v) is 3.71. The maximum absolute atomic E-state index is 12.4. The number of aromatic nitrogens is 3. The minimum atomic E-state index is -0.471. The van der Waals surface area contributed by atoms with Crippen LogP contribution in [0.25, 0.3) is 0 Å². The van der Waals surface area contributed by atoms with Crippen molar-refractivity contribution < 1.29 is 14.3 Å². The monoisotopic (exact) mass is 403 g/mol. The molecule has 8 nitrogen and oxygen atoms in total. The first kappa shape index (κ1) is 18.9. The van der Waals surface area contributed by atoms with Gasteiger partial charge in [-0.1, -0.05) is 0 Å². The number of thiazole rings is 1. The SMILES string of the molecule is CCOC(=O)c1ccsc1NC(=O)c1csc(Nc2nc(C)cc(C)n2)n1. The summed E-state index contributed by atoms with van der Waals surface area (Å²) in [5.74, 6) is -0.452. The number of carbonyl (C=O) groups excluding carboxylic acids is 2. The third-order valence-electron chi connectivity index (χ3n) is 3.33. The summed E-state index contributed by atoms with van der Waals surface area (Å²) in [6.07, 6.45) is 0. The van der Waals surface area contributed by atoms with Crippen molar-refractivity contribution >= 4 is 50.6 Å². The summed E-state index contributed by atoms with van der Waals surface area (Å²) in [5.41, 5.74) is 2.23. The highest BCUT2D eigenvalue weighted by molar-refractivity contribution is 7.15. The van der Waals surface area contributed by atoms with Crippen LogP contribution in [-0.4, -0.2) is 33.4 Å². The third-order valence-corrected chi connectivity index (χ3v) is 4.91. The number of carbonyl (C=O) groups is 2. The number of nitrogens with zero attached hydrogens (tertiary/aromatic N) is 3. The Kier molecular flexibility index (Phi) is 5.77. The molecular weight excluding hydrogens is 386 g/mol. The number of ether oxygens (including phenoxy) is 1. The van der Waals surface area contributed by atoms with Crippen LogP contribution in [0.1, 0.15) is 39.2 Å². The first-order chi connectivity index (χ1) is 13.0. The van der Waals surface area contributed by atoms with Gasteiger partial charge in [0.1, 0.15) is 10.7 Å². The van der Waals surface area contributed by atoms with Crippen LogP contribution in [-0.2, 0) is 4.74 Å². The number of rotatable bonds is 6. The topological polar surface area (TPSA) is 106 Å². The van der Waals surface area contributed by atoms with Crippen LogP contribution in [0.2, 0.25) is 0 Å².